The molecule has 2 N–H and O–H groups in total. The molecule has 0 radical (unpaired) electrons. The number of hydrogen-bond donors (Lipinski definition) is 1. The number of unbranched alkanes of at least 4 members (excludes halogenated alkanes) is 1. The van der Waals surface area contributed by atoms with Gasteiger partial charge in [-0.15, -0.1) is 0 Å². The number of aliphatic imine (C=N–C) groups is 1. The molecule has 0 fully saturated rings. The van der Waals surface area contributed by atoms with Crippen LogP contribution < -0.4 is 5.73 Å². The zero-order valence-electron chi connectivity index (χ0n) is 5.59. The zero-order chi connectivity index (χ0) is 7.11. The molecule has 0 aliphatic carbocycles. The highest BCUT2D eigenvalue weighted by Crippen LogP contribution is 1.85. The normalized spacial score (nSPS) is 10.9. The molecule has 0 aliphatic rings. The van der Waals surface area contributed by atoms with Gasteiger partial charge in [0, 0.05) is 13.0 Å². The van der Waals surface area contributed by atoms with E-state index < -0.39 is 0 Å². The van der Waals surface area contributed by atoms with Gasteiger partial charge in [-0.25, -0.2) is 0 Å². The molecule has 0 aromatic heterocycles. The highest BCUT2D eigenvalue weighted by atomic mass is 14.8. The third-order valence-corrected chi connectivity index (χ3v) is 0.808. The van der Waals surface area contributed by atoms with Crippen LogP contribution in [-0.2, 0) is 0 Å². The maximum absolute atomic E-state index is 8.10. The third-order valence-electron chi connectivity index (χ3n) is 0.808. The van der Waals surface area contributed by atoms with Crippen LogP contribution in [0.25, 0.3) is 0 Å². The van der Waals surface area contributed by atoms with E-state index in [1.165, 1.54) is 0 Å². The first-order valence-corrected chi connectivity index (χ1v) is 2.91. The molecule has 0 saturated carbocycles. The van der Waals surface area contributed by atoms with Gasteiger partial charge in [-0.05, 0) is 13.3 Å². The maximum atomic E-state index is 8.10. The summed E-state index contributed by atoms with van der Waals surface area (Å²) in [6.45, 7) is 2.42. The summed E-state index contributed by atoms with van der Waals surface area (Å²) in [5, 5.41) is 8.10. The minimum absolute atomic E-state index is 0.566. The van der Waals surface area contributed by atoms with Crippen molar-refractivity contribution in [1.82, 2.24) is 0 Å². The molecule has 0 atom stereocenters. The Morgan fingerprint density at radius 1 is 1.78 bits per heavy atom. The fraction of sp³-hybridized carbons (Fsp3) is 0.667. The Bertz CT molecular complexity index is 128. The van der Waals surface area contributed by atoms with Gasteiger partial charge < -0.3 is 5.73 Å². The summed E-state index contributed by atoms with van der Waals surface area (Å²) in [6, 6.07) is 2.03. The molecular weight excluding hydrogens is 114 g/mol. The van der Waals surface area contributed by atoms with Crippen LogP contribution in [0.3, 0.4) is 0 Å². The average molecular weight is 125 g/mol. The second-order valence-electron chi connectivity index (χ2n) is 1.78. The highest BCUT2D eigenvalue weighted by Gasteiger charge is 1.82. The van der Waals surface area contributed by atoms with Gasteiger partial charge in [0.2, 0.25) is 0 Å². The molecule has 0 amide bonds. The van der Waals surface area contributed by atoms with Crippen molar-refractivity contribution >= 4 is 5.84 Å². The van der Waals surface area contributed by atoms with Crippen molar-refractivity contribution in [3.8, 4) is 6.07 Å². The first-order chi connectivity index (χ1) is 4.27. The Morgan fingerprint density at radius 2 is 2.44 bits per heavy atom. The van der Waals surface area contributed by atoms with Gasteiger partial charge >= 0.3 is 0 Å². The van der Waals surface area contributed by atoms with Crippen molar-refractivity contribution in [3.63, 3.8) is 0 Å². The Morgan fingerprint density at radius 3 is 2.89 bits per heavy atom. The van der Waals surface area contributed by atoms with Gasteiger partial charge in [-0.3, -0.25) is 4.99 Å². The Labute approximate surface area is 55.2 Å². The molecule has 0 rings (SSSR count). The molecule has 0 heterocycles. The topological polar surface area (TPSA) is 62.2 Å². The number of nitrogens with zero attached hydrogens (tertiary/aromatic N) is 2. The first-order valence-electron chi connectivity index (χ1n) is 2.91. The van der Waals surface area contributed by atoms with Gasteiger partial charge in [0.15, 0.2) is 0 Å². The summed E-state index contributed by atoms with van der Waals surface area (Å²) >= 11 is 0. The monoisotopic (exact) mass is 125 g/mol. The van der Waals surface area contributed by atoms with E-state index in [4.69, 9.17) is 11.0 Å². The fourth-order valence-electron chi connectivity index (χ4n) is 0.414. The molecule has 0 spiro atoms. The Balaban J connectivity index is 3.12. The predicted octanol–water partition coefficient (Wildman–Crippen LogP) is 0.667. The molecule has 3 nitrogen and oxygen atoms in total. The summed E-state index contributed by atoms with van der Waals surface area (Å²) in [7, 11) is 0. The lowest BCUT2D eigenvalue weighted by atomic mass is 10.3. The number of amidine groups is 1. The van der Waals surface area contributed by atoms with Crippen LogP contribution in [0.5, 0.6) is 0 Å². The standard InChI is InChI=1S/C6H11N3/c1-6(8)9-5-3-2-4-7/h2-3,5H2,1H3,(H2,8,9). The van der Waals surface area contributed by atoms with Crippen LogP contribution >= 0.6 is 0 Å². The number of rotatable bonds is 3. The minimum Gasteiger partial charge on any atom is -0.388 e. The molecule has 9 heavy (non-hydrogen) atoms. The SMILES string of the molecule is CC(N)=NCCCC#N. The van der Waals surface area contributed by atoms with Crippen LogP contribution in [0.15, 0.2) is 4.99 Å². The molecular formula is C6H11N3. The lowest BCUT2D eigenvalue weighted by Gasteiger charge is -1.88. The van der Waals surface area contributed by atoms with Gasteiger partial charge in [0.25, 0.3) is 0 Å². The zero-order valence-corrected chi connectivity index (χ0v) is 5.59. The van der Waals surface area contributed by atoms with Crippen molar-refractivity contribution in [3.05, 3.63) is 0 Å². The second-order valence-corrected chi connectivity index (χ2v) is 1.78. The molecule has 0 aromatic rings. The summed E-state index contributed by atoms with van der Waals surface area (Å²) in [4.78, 5) is 3.91. The van der Waals surface area contributed by atoms with Crippen molar-refractivity contribution in [2.24, 2.45) is 10.7 Å². The van der Waals surface area contributed by atoms with Crippen LogP contribution in [0, 0.1) is 11.3 Å². The summed E-state index contributed by atoms with van der Waals surface area (Å²) in [5.74, 6) is 0.591. The van der Waals surface area contributed by atoms with E-state index >= 15 is 0 Å². The lowest BCUT2D eigenvalue weighted by Crippen LogP contribution is -2.05. The predicted molar refractivity (Wildman–Crippen MR) is 37.0 cm³/mol. The number of nitriles is 1. The molecule has 0 aromatic carbocycles. The summed E-state index contributed by atoms with van der Waals surface area (Å²) in [6.07, 6.45) is 1.38. The molecule has 0 unspecified atom stereocenters. The average Bonchev–Trinajstić information content (AvgIpc) is 1.80. The van der Waals surface area contributed by atoms with Gasteiger partial charge in [0.05, 0.1) is 11.9 Å². The lowest BCUT2D eigenvalue weighted by molar-refractivity contribution is 0.861. The minimum atomic E-state index is 0.566. The van der Waals surface area contributed by atoms with Crippen molar-refractivity contribution in [2.45, 2.75) is 19.8 Å². The van der Waals surface area contributed by atoms with Crippen molar-refractivity contribution in [2.75, 3.05) is 6.54 Å². The van der Waals surface area contributed by atoms with Crippen LogP contribution in [0.4, 0.5) is 0 Å². The molecule has 0 saturated heterocycles. The second kappa shape index (κ2) is 5.10. The summed E-state index contributed by atoms with van der Waals surface area (Å²) in [5.41, 5.74) is 5.24. The fourth-order valence-corrected chi connectivity index (χ4v) is 0.414. The summed E-state index contributed by atoms with van der Waals surface area (Å²) < 4.78 is 0. The number of nitrogens with two attached hydrogens (primary N) is 1. The first kappa shape index (κ1) is 7.96. The number of hydrogen-bond acceptors (Lipinski definition) is 2. The van der Waals surface area contributed by atoms with E-state index in [2.05, 4.69) is 4.99 Å². The largest absolute Gasteiger partial charge is 0.388 e. The molecule has 0 aliphatic heterocycles. The van der Waals surface area contributed by atoms with Crippen LogP contribution in [-0.4, -0.2) is 12.4 Å². The quantitative estimate of drug-likeness (QED) is 0.342. The molecule has 50 valence electrons. The van der Waals surface area contributed by atoms with Crippen LogP contribution in [0.1, 0.15) is 19.8 Å². The highest BCUT2D eigenvalue weighted by molar-refractivity contribution is 5.77. The van der Waals surface area contributed by atoms with E-state index in [9.17, 15) is 0 Å². The van der Waals surface area contributed by atoms with Crippen molar-refractivity contribution < 1.29 is 0 Å². The maximum Gasteiger partial charge on any atom is 0.0905 e. The van der Waals surface area contributed by atoms with E-state index in [1.807, 2.05) is 6.07 Å². The Hall–Kier alpha value is -1.04. The third kappa shape index (κ3) is 6.96. The van der Waals surface area contributed by atoms with E-state index in [0.717, 1.165) is 6.42 Å². The smallest absolute Gasteiger partial charge is 0.0905 e. The van der Waals surface area contributed by atoms with E-state index in [-0.39, 0.29) is 0 Å². The van der Waals surface area contributed by atoms with Crippen LogP contribution in [0.2, 0.25) is 0 Å². The Kier molecular flexibility index (Phi) is 4.51. The van der Waals surface area contributed by atoms with E-state index in [1.54, 1.807) is 6.92 Å². The van der Waals surface area contributed by atoms with Gasteiger partial charge in [-0.1, -0.05) is 0 Å². The van der Waals surface area contributed by atoms with Crippen molar-refractivity contribution in [1.29, 1.82) is 5.26 Å². The molecule has 0 bridgehead atoms. The molecule has 3 heteroatoms. The van der Waals surface area contributed by atoms with E-state index in [0.29, 0.717) is 18.8 Å². The van der Waals surface area contributed by atoms with Gasteiger partial charge in [-0.2, -0.15) is 5.26 Å². The van der Waals surface area contributed by atoms with Gasteiger partial charge in [0.1, 0.15) is 0 Å².